The number of carbonyl (C=O) groups is 1. The molecule has 3 atom stereocenters. The van der Waals surface area contributed by atoms with Gasteiger partial charge in [0, 0.05) is 36.2 Å². The van der Waals surface area contributed by atoms with E-state index in [-0.39, 0.29) is 23.3 Å². The van der Waals surface area contributed by atoms with Gasteiger partial charge in [0.1, 0.15) is 0 Å². The summed E-state index contributed by atoms with van der Waals surface area (Å²) in [6.07, 6.45) is 7.19. The second-order valence-electron chi connectivity index (χ2n) is 6.55. The SMILES string of the molecule is Cn1ncc2c1CCCC2NC(=O)C1CC12CCOC2. The summed E-state index contributed by atoms with van der Waals surface area (Å²) < 4.78 is 7.40. The Bertz CT molecular complexity index is 545. The summed E-state index contributed by atoms with van der Waals surface area (Å²) >= 11 is 0. The highest BCUT2D eigenvalue weighted by Crippen LogP contribution is 2.58. The van der Waals surface area contributed by atoms with Crippen LogP contribution in [0.15, 0.2) is 6.20 Å². The molecule has 108 valence electrons. The molecule has 1 amide bonds. The van der Waals surface area contributed by atoms with Crippen LogP contribution in [0.25, 0.3) is 0 Å². The lowest BCUT2D eigenvalue weighted by Gasteiger charge is -2.24. The fourth-order valence-electron chi connectivity index (χ4n) is 3.91. The fourth-order valence-corrected chi connectivity index (χ4v) is 3.91. The molecule has 1 saturated carbocycles. The number of amides is 1. The highest BCUT2D eigenvalue weighted by atomic mass is 16.5. The van der Waals surface area contributed by atoms with E-state index in [9.17, 15) is 4.79 Å². The van der Waals surface area contributed by atoms with Gasteiger partial charge in [-0.25, -0.2) is 0 Å². The van der Waals surface area contributed by atoms with Crippen LogP contribution in [0.1, 0.15) is 43.0 Å². The molecule has 1 aromatic heterocycles. The first-order chi connectivity index (χ1) is 9.70. The van der Waals surface area contributed by atoms with Crippen molar-refractivity contribution in [1.82, 2.24) is 15.1 Å². The summed E-state index contributed by atoms with van der Waals surface area (Å²) in [4.78, 5) is 12.5. The molecule has 5 nitrogen and oxygen atoms in total. The highest BCUT2D eigenvalue weighted by Gasteiger charge is 2.60. The van der Waals surface area contributed by atoms with Crippen LogP contribution in [-0.2, 0) is 23.0 Å². The maximum absolute atomic E-state index is 12.5. The van der Waals surface area contributed by atoms with Crippen molar-refractivity contribution >= 4 is 5.91 Å². The zero-order chi connectivity index (χ0) is 13.7. The van der Waals surface area contributed by atoms with Gasteiger partial charge in [0.25, 0.3) is 0 Å². The number of ether oxygens (including phenoxy) is 1. The maximum atomic E-state index is 12.5. The third-order valence-electron chi connectivity index (χ3n) is 5.33. The fraction of sp³-hybridized carbons (Fsp3) is 0.733. The maximum Gasteiger partial charge on any atom is 0.224 e. The molecule has 3 aliphatic rings. The van der Waals surface area contributed by atoms with Crippen LogP contribution in [0.3, 0.4) is 0 Å². The Labute approximate surface area is 118 Å². The van der Waals surface area contributed by atoms with E-state index in [1.807, 2.05) is 17.9 Å². The third-order valence-corrected chi connectivity index (χ3v) is 5.33. The molecule has 1 aliphatic heterocycles. The first kappa shape index (κ1) is 12.4. The van der Waals surface area contributed by atoms with Gasteiger partial charge in [-0.2, -0.15) is 5.10 Å². The van der Waals surface area contributed by atoms with Gasteiger partial charge in [0.2, 0.25) is 5.91 Å². The van der Waals surface area contributed by atoms with Gasteiger partial charge in [0.05, 0.1) is 18.8 Å². The molecule has 5 heteroatoms. The normalized spacial score (nSPS) is 35.0. The molecule has 3 unspecified atom stereocenters. The van der Waals surface area contributed by atoms with Gasteiger partial charge in [-0.15, -0.1) is 0 Å². The van der Waals surface area contributed by atoms with Crippen molar-refractivity contribution in [1.29, 1.82) is 0 Å². The van der Waals surface area contributed by atoms with Crippen LogP contribution in [0.5, 0.6) is 0 Å². The summed E-state index contributed by atoms with van der Waals surface area (Å²) in [6, 6.07) is 0.153. The zero-order valence-electron chi connectivity index (χ0n) is 11.9. The molecule has 1 aromatic rings. The van der Waals surface area contributed by atoms with E-state index in [2.05, 4.69) is 10.4 Å². The molecule has 2 heterocycles. The number of nitrogens with one attached hydrogen (secondary N) is 1. The molecule has 2 fully saturated rings. The molecule has 1 saturated heterocycles. The predicted molar refractivity (Wildman–Crippen MR) is 73.0 cm³/mol. The van der Waals surface area contributed by atoms with Gasteiger partial charge in [0.15, 0.2) is 0 Å². The van der Waals surface area contributed by atoms with Crippen molar-refractivity contribution in [2.45, 2.75) is 38.1 Å². The summed E-state index contributed by atoms with van der Waals surface area (Å²) in [5.41, 5.74) is 2.66. The Kier molecular flexibility index (Phi) is 2.67. The van der Waals surface area contributed by atoms with E-state index in [4.69, 9.17) is 4.74 Å². The van der Waals surface area contributed by atoms with E-state index < -0.39 is 0 Å². The number of fused-ring (bicyclic) bond motifs is 1. The lowest BCUT2D eigenvalue weighted by molar-refractivity contribution is -0.124. The summed E-state index contributed by atoms with van der Waals surface area (Å²) in [7, 11) is 1.98. The van der Waals surface area contributed by atoms with Crippen molar-refractivity contribution in [2.75, 3.05) is 13.2 Å². The van der Waals surface area contributed by atoms with E-state index in [0.717, 1.165) is 45.3 Å². The Hall–Kier alpha value is -1.36. The van der Waals surface area contributed by atoms with Crippen molar-refractivity contribution in [3.63, 3.8) is 0 Å². The van der Waals surface area contributed by atoms with E-state index in [1.54, 1.807) is 0 Å². The van der Waals surface area contributed by atoms with Crippen molar-refractivity contribution in [3.8, 4) is 0 Å². The largest absolute Gasteiger partial charge is 0.381 e. The summed E-state index contributed by atoms with van der Waals surface area (Å²) in [6.45, 7) is 1.59. The van der Waals surface area contributed by atoms with Crippen molar-refractivity contribution in [2.24, 2.45) is 18.4 Å². The number of hydrogen-bond donors (Lipinski definition) is 1. The van der Waals surface area contributed by atoms with Gasteiger partial charge >= 0.3 is 0 Å². The highest BCUT2D eigenvalue weighted by molar-refractivity contribution is 5.83. The third kappa shape index (κ3) is 1.79. The van der Waals surface area contributed by atoms with E-state index in [1.165, 1.54) is 11.3 Å². The number of aromatic nitrogens is 2. The van der Waals surface area contributed by atoms with Crippen LogP contribution in [0, 0.1) is 11.3 Å². The number of rotatable bonds is 2. The van der Waals surface area contributed by atoms with Gasteiger partial charge in [-0.1, -0.05) is 0 Å². The molecule has 0 radical (unpaired) electrons. The van der Waals surface area contributed by atoms with Crippen LogP contribution in [0.2, 0.25) is 0 Å². The van der Waals surface area contributed by atoms with Crippen LogP contribution >= 0.6 is 0 Å². The second kappa shape index (κ2) is 4.32. The molecular formula is C15H21N3O2. The van der Waals surface area contributed by atoms with E-state index in [0.29, 0.717) is 0 Å². The first-order valence-electron chi connectivity index (χ1n) is 7.58. The van der Waals surface area contributed by atoms with Crippen LogP contribution < -0.4 is 5.32 Å². The van der Waals surface area contributed by atoms with Gasteiger partial charge < -0.3 is 10.1 Å². The number of hydrogen-bond acceptors (Lipinski definition) is 3. The monoisotopic (exact) mass is 275 g/mol. The minimum absolute atomic E-state index is 0.153. The molecule has 1 spiro atoms. The van der Waals surface area contributed by atoms with Gasteiger partial charge in [-0.3, -0.25) is 9.48 Å². The van der Waals surface area contributed by atoms with Crippen LogP contribution in [-0.4, -0.2) is 28.9 Å². The lowest BCUT2D eigenvalue weighted by atomic mass is 9.92. The number of nitrogens with zero attached hydrogens (tertiary/aromatic N) is 2. The first-order valence-corrected chi connectivity index (χ1v) is 7.58. The summed E-state index contributed by atoms with van der Waals surface area (Å²) in [5.74, 6) is 0.393. The number of carbonyl (C=O) groups excluding carboxylic acids is 1. The molecular weight excluding hydrogens is 254 g/mol. The second-order valence-corrected chi connectivity index (χ2v) is 6.55. The molecule has 1 N–H and O–H groups in total. The van der Waals surface area contributed by atoms with Gasteiger partial charge in [-0.05, 0) is 32.1 Å². The predicted octanol–water partition coefficient (Wildman–Crippen LogP) is 1.34. The average Bonchev–Trinajstić information content (AvgIpc) is 2.76. The molecule has 20 heavy (non-hydrogen) atoms. The quantitative estimate of drug-likeness (QED) is 0.886. The van der Waals surface area contributed by atoms with Crippen LogP contribution in [0.4, 0.5) is 0 Å². The lowest BCUT2D eigenvalue weighted by Crippen LogP contribution is -2.33. The average molecular weight is 275 g/mol. The molecule has 0 aromatic carbocycles. The minimum Gasteiger partial charge on any atom is -0.381 e. The Morgan fingerprint density at radius 2 is 2.50 bits per heavy atom. The Morgan fingerprint density at radius 1 is 1.60 bits per heavy atom. The zero-order valence-corrected chi connectivity index (χ0v) is 11.9. The van der Waals surface area contributed by atoms with Crippen molar-refractivity contribution < 1.29 is 9.53 Å². The minimum atomic E-state index is 0.153. The van der Waals surface area contributed by atoms with Crippen molar-refractivity contribution in [3.05, 3.63) is 17.5 Å². The summed E-state index contributed by atoms with van der Waals surface area (Å²) in [5, 5.41) is 7.59. The smallest absolute Gasteiger partial charge is 0.224 e. The van der Waals surface area contributed by atoms with E-state index >= 15 is 0 Å². The standard InChI is InChI=1S/C15H21N3O2/c1-18-13-4-2-3-12(10(13)8-16-18)17-14(19)11-7-15(11)5-6-20-9-15/h8,11-12H,2-7,9H2,1H3,(H,17,19). The Balaban J connectivity index is 1.46. The molecule has 2 aliphatic carbocycles. The number of aryl methyl sites for hydroxylation is 1. The Morgan fingerprint density at radius 3 is 3.30 bits per heavy atom. The molecule has 0 bridgehead atoms. The topological polar surface area (TPSA) is 56.2 Å². The molecule has 4 rings (SSSR count).